The summed E-state index contributed by atoms with van der Waals surface area (Å²) in [6.45, 7) is 6.21. The van der Waals surface area contributed by atoms with Crippen LogP contribution in [0.15, 0.2) is 18.3 Å². The van der Waals surface area contributed by atoms with Gasteiger partial charge in [-0.15, -0.1) is 0 Å². The molecule has 2 atom stereocenters. The maximum atomic E-state index is 11.9. The van der Waals surface area contributed by atoms with Crippen molar-refractivity contribution in [1.82, 2.24) is 10.3 Å². The van der Waals surface area contributed by atoms with Crippen LogP contribution in [0.4, 0.5) is 5.69 Å². The van der Waals surface area contributed by atoms with Gasteiger partial charge in [0, 0.05) is 12.2 Å². The third-order valence-electron chi connectivity index (χ3n) is 3.02. The molecule has 1 amide bonds. The lowest BCUT2D eigenvalue weighted by Crippen LogP contribution is -2.37. The maximum absolute atomic E-state index is 11.9. The zero-order valence-electron chi connectivity index (χ0n) is 10.5. The minimum atomic E-state index is -0.171. The third kappa shape index (κ3) is 3.71. The fraction of sp³-hybridized carbons (Fsp3) is 0.500. The van der Waals surface area contributed by atoms with Crippen LogP contribution in [0, 0.1) is 5.92 Å². The van der Waals surface area contributed by atoms with Crippen LogP contribution in [0.1, 0.15) is 37.7 Å². The van der Waals surface area contributed by atoms with Gasteiger partial charge in [0.05, 0.1) is 5.69 Å². The first kappa shape index (κ1) is 13.4. The number of amides is 1. The highest BCUT2D eigenvalue weighted by Gasteiger charge is 2.15. The van der Waals surface area contributed by atoms with Crippen molar-refractivity contribution in [2.24, 2.45) is 11.8 Å². The zero-order chi connectivity index (χ0) is 12.8. The van der Waals surface area contributed by atoms with Crippen molar-refractivity contribution in [2.45, 2.75) is 33.2 Å². The summed E-state index contributed by atoms with van der Waals surface area (Å²) in [5.74, 6) is 5.55. The number of nitrogens with two attached hydrogens (primary N) is 1. The van der Waals surface area contributed by atoms with E-state index in [0.717, 1.165) is 6.42 Å². The first-order valence-electron chi connectivity index (χ1n) is 5.82. The number of nitrogen functional groups attached to an aromatic ring is 1. The van der Waals surface area contributed by atoms with E-state index in [1.165, 1.54) is 0 Å². The highest BCUT2D eigenvalue weighted by molar-refractivity contribution is 5.93. The second-order valence-corrected chi connectivity index (χ2v) is 4.22. The summed E-state index contributed by atoms with van der Waals surface area (Å²) in [5.41, 5.74) is 3.53. The molecule has 0 aliphatic rings. The van der Waals surface area contributed by atoms with Crippen molar-refractivity contribution in [3.63, 3.8) is 0 Å². The highest BCUT2D eigenvalue weighted by Crippen LogP contribution is 2.09. The van der Waals surface area contributed by atoms with E-state index in [0.29, 0.717) is 17.3 Å². The van der Waals surface area contributed by atoms with Gasteiger partial charge < -0.3 is 10.7 Å². The summed E-state index contributed by atoms with van der Waals surface area (Å²) >= 11 is 0. The van der Waals surface area contributed by atoms with Gasteiger partial charge in [0.15, 0.2) is 0 Å². The van der Waals surface area contributed by atoms with Crippen molar-refractivity contribution < 1.29 is 4.79 Å². The number of hydrogen-bond donors (Lipinski definition) is 3. The third-order valence-corrected chi connectivity index (χ3v) is 3.02. The predicted octanol–water partition coefficient (Wildman–Crippen LogP) is 1.53. The Morgan fingerprint density at radius 2 is 2.24 bits per heavy atom. The van der Waals surface area contributed by atoms with Crippen LogP contribution in [-0.2, 0) is 0 Å². The van der Waals surface area contributed by atoms with E-state index in [1.54, 1.807) is 18.3 Å². The number of pyridine rings is 1. The predicted molar refractivity (Wildman–Crippen MR) is 68.4 cm³/mol. The second kappa shape index (κ2) is 6.20. The molecule has 0 spiro atoms. The summed E-state index contributed by atoms with van der Waals surface area (Å²) in [5, 5.41) is 2.93. The van der Waals surface area contributed by atoms with Crippen LogP contribution in [0.3, 0.4) is 0 Å². The highest BCUT2D eigenvalue weighted by atomic mass is 16.1. The molecule has 0 saturated heterocycles. The van der Waals surface area contributed by atoms with E-state index in [1.807, 2.05) is 6.92 Å². The fourth-order valence-corrected chi connectivity index (χ4v) is 1.42. The largest absolute Gasteiger partial charge is 0.348 e. The minimum absolute atomic E-state index is 0.129. The molecule has 17 heavy (non-hydrogen) atoms. The topological polar surface area (TPSA) is 80.0 Å². The summed E-state index contributed by atoms with van der Waals surface area (Å²) in [7, 11) is 0. The molecule has 2 unspecified atom stereocenters. The van der Waals surface area contributed by atoms with Crippen molar-refractivity contribution >= 4 is 11.6 Å². The van der Waals surface area contributed by atoms with Gasteiger partial charge in [0.1, 0.15) is 5.69 Å². The number of hydrogen-bond acceptors (Lipinski definition) is 4. The molecule has 5 heteroatoms. The molecule has 0 aliphatic carbocycles. The first-order chi connectivity index (χ1) is 8.08. The Bertz CT molecular complexity index is 381. The molecule has 1 aromatic heterocycles. The number of hydrazine groups is 1. The Morgan fingerprint density at radius 1 is 1.53 bits per heavy atom. The molecular weight excluding hydrogens is 216 g/mol. The van der Waals surface area contributed by atoms with Crippen LogP contribution >= 0.6 is 0 Å². The van der Waals surface area contributed by atoms with Crippen LogP contribution in [0.5, 0.6) is 0 Å². The molecular formula is C12H20N4O. The Morgan fingerprint density at radius 3 is 2.82 bits per heavy atom. The Labute approximate surface area is 102 Å². The van der Waals surface area contributed by atoms with Gasteiger partial charge in [-0.1, -0.05) is 20.3 Å². The van der Waals surface area contributed by atoms with Gasteiger partial charge in [-0.3, -0.25) is 15.6 Å². The van der Waals surface area contributed by atoms with Crippen molar-refractivity contribution in [3.05, 3.63) is 24.0 Å². The van der Waals surface area contributed by atoms with E-state index in [4.69, 9.17) is 5.84 Å². The zero-order valence-corrected chi connectivity index (χ0v) is 10.5. The van der Waals surface area contributed by atoms with Gasteiger partial charge in [0.25, 0.3) is 5.91 Å². The molecule has 4 N–H and O–H groups in total. The Balaban J connectivity index is 2.69. The standard InChI is InChI=1S/C12H20N4O/c1-4-8(2)9(3)15-12(17)11-7-10(16-13)5-6-14-11/h5-9H,4,13H2,1-3H3,(H,14,16)(H,15,17). The SMILES string of the molecule is CCC(C)C(C)NC(=O)c1cc(NN)ccn1. The van der Waals surface area contributed by atoms with E-state index >= 15 is 0 Å². The molecule has 0 radical (unpaired) electrons. The Kier molecular flexibility index (Phi) is 4.90. The monoisotopic (exact) mass is 236 g/mol. The minimum Gasteiger partial charge on any atom is -0.348 e. The summed E-state index contributed by atoms with van der Waals surface area (Å²) in [4.78, 5) is 15.9. The normalized spacial score (nSPS) is 13.9. The maximum Gasteiger partial charge on any atom is 0.270 e. The molecule has 1 rings (SSSR count). The van der Waals surface area contributed by atoms with E-state index < -0.39 is 0 Å². The lowest BCUT2D eigenvalue weighted by atomic mass is 10.0. The number of carbonyl (C=O) groups excluding carboxylic acids is 1. The smallest absolute Gasteiger partial charge is 0.270 e. The molecule has 0 aliphatic heterocycles. The number of nitrogens with one attached hydrogen (secondary N) is 2. The van der Waals surface area contributed by atoms with Crippen LogP contribution in [0.25, 0.3) is 0 Å². The number of rotatable bonds is 5. The molecule has 1 heterocycles. The molecule has 5 nitrogen and oxygen atoms in total. The van der Waals surface area contributed by atoms with Crippen LogP contribution in [0.2, 0.25) is 0 Å². The number of anilines is 1. The first-order valence-corrected chi connectivity index (χ1v) is 5.82. The van der Waals surface area contributed by atoms with E-state index in [-0.39, 0.29) is 11.9 Å². The number of carbonyl (C=O) groups is 1. The Hall–Kier alpha value is -1.62. The molecule has 0 saturated carbocycles. The average Bonchev–Trinajstić information content (AvgIpc) is 2.37. The summed E-state index contributed by atoms with van der Waals surface area (Å²) < 4.78 is 0. The van der Waals surface area contributed by atoms with E-state index in [2.05, 4.69) is 29.6 Å². The van der Waals surface area contributed by atoms with Gasteiger partial charge in [0.2, 0.25) is 0 Å². The molecule has 0 fully saturated rings. The van der Waals surface area contributed by atoms with E-state index in [9.17, 15) is 4.79 Å². The molecule has 1 aromatic rings. The van der Waals surface area contributed by atoms with Crippen LogP contribution in [-0.4, -0.2) is 16.9 Å². The van der Waals surface area contributed by atoms with Gasteiger partial charge >= 0.3 is 0 Å². The number of nitrogens with zero attached hydrogens (tertiary/aromatic N) is 1. The lowest BCUT2D eigenvalue weighted by Gasteiger charge is -2.19. The van der Waals surface area contributed by atoms with Crippen LogP contribution < -0.4 is 16.6 Å². The van der Waals surface area contributed by atoms with Crippen molar-refractivity contribution in [2.75, 3.05) is 5.43 Å². The van der Waals surface area contributed by atoms with Crippen molar-refractivity contribution in [1.29, 1.82) is 0 Å². The quantitative estimate of drug-likeness (QED) is 0.535. The average molecular weight is 236 g/mol. The molecule has 0 aromatic carbocycles. The summed E-state index contributed by atoms with van der Waals surface area (Å²) in [6.07, 6.45) is 2.58. The fourth-order valence-electron chi connectivity index (χ4n) is 1.42. The summed E-state index contributed by atoms with van der Waals surface area (Å²) in [6, 6.07) is 3.46. The van der Waals surface area contributed by atoms with Crippen molar-refractivity contribution in [3.8, 4) is 0 Å². The lowest BCUT2D eigenvalue weighted by molar-refractivity contribution is 0.0923. The second-order valence-electron chi connectivity index (χ2n) is 4.22. The number of aromatic nitrogens is 1. The molecule has 94 valence electrons. The van der Waals surface area contributed by atoms with Gasteiger partial charge in [-0.05, 0) is 25.0 Å². The molecule has 0 bridgehead atoms. The van der Waals surface area contributed by atoms with Gasteiger partial charge in [-0.25, -0.2) is 0 Å². The van der Waals surface area contributed by atoms with Gasteiger partial charge in [-0.2, -0.15) is 0 Å².